The Balaban J connectivity index is 2.39. The third-order valence-corrected chi connectivity index (χ3v) is 5.14. The van der Waals surface area contributed by atoms with E-state index >= 15 is 0 Å². The summed E-state index contributed by atoms with van der Waals surface area (Å²) in [5.41, 5.74) is -0.422. The Morgan fingerprint density at radius 1 is 1.67 bits per heavy atom. The van der Waals surface area contributed by atoms with Crippen molar-refractivity contribution in [2.24, 2.45) is 0 Å². The fourth-order valence-corrected chi connectivity index (χ4v) is 3.93. The van der Waals surface area contributed by atoms with Crippen molar-refractivity contribution in [3.63, 3.8) is 0 Å². The molecule has 2 rings (SSSR count). The minimum absolute atomic E-state index is 0.0839. The van der Waals surface area contributed by atoms with E-state index in [9.17, 15) is 20.0 Å². The molecule has 0 unspecified atom stereocenters. The largest absolute Gasteiger partial charge is 0.388 e. The number of nitro groups is 1. The molecular formula is C11H14N4O4S2. The summed E-state index contributed by atoms with van der Waals surface area (Å²) in [7, 11) is 0. The van der Waals surface area contributed by atoms with Gasteiger partial charge in [0.2, 0.25) is 0 Å². The molecule has 114 valence electrons. The zero-order chi connectivity index (χ0) is 15.6. The molecule has 2 heterocycles. The lowest BCUT2D eigenvalue weighted by Gasteiger charge is -2.01. The lowest BCUT2D eigenvalue weighted by atomic mass is 10.3. The van der Waals surface area contributed by atoms with Gasteiger partial charge in [-0.1, -0.05) is 6.92 Å². The van der Waals surface area contributed by atoms with Gasteiger partial charge in [0.1, 0.15) is 4.21 Å². The highest BCUT2D eigenvalue weighted by Gasteiger charge is 2.23. The van der Waals surface area contributed by atoms with E-state index in [-0.39, 0.29) is 11.4 Å². The van der Waals surface area contributed by atoms with Gasteiger partial charge in [-0.25, -0.2) is 9.89 Å². The molecule has 0 saturated heterocycles. The summed E-state index contributed by atoms with van der Waals surface area (Å²) >= 11 is 2.18. The van der Waals surface area contributed by atoms with Crippen LogP contribution in [-0.4, -0.2) is 24.8 Å². The second-order valence-corrected chi connectivity index (χ2v) is 6.64. The average Bonchev–Trinajstić information content (AvgIpc) is 2.98. The Hall–Kier alpha value is -1.65. The van der Waals surface area contributed by atoms with Gasteiger partial charge >= 0.3 is 5.69 Å². The van der Waals surface area contributed by atoms with Crippen molar-refractivity contribution in [2.75, 3.05) is 0 Å². The number of nitrogens with zero attached hydrogens (tertiary/aromatic N) is 3. The molecule has 2 N–H and O–H groups in total. The SMILES string of the molecule is CCCn1c(Sc2sc([C@@H](C)O)cc2[N+](=O)[O-])n[nH]c1=O. The fourth-order valence-electron chi connectivity index (χ4n) is 1.67. The van der Waals surface area contributed by atoms with Gasteiger partial charge in [0.05, 0.1) is 11.0 Å². The van der Waals surface area contributed by atoms with Gasteiger partial charge in [-0.3, -0.25) is 14.7 Å². The Morgan fingerprint density at radius 3 is 2.95 bits per heavy atom. The second-order valence-electron chi connectivity index (χ2n) is 4.32. The highest BCUT2D eigenvalue weighted by atomic mass is 32.2. The maximum atomic E-state index is 11.6. The Kier molecular flexibility index (Phi) is 4.80. The maximum absolute atomic E-state index is 11.6. The zero-order valence-electron chi connectivity index (χ0n) is 11.4. The predicted molar refractivity (Wildman–Crippen MR) is 78.9 cm³/mol. The molecule has 0 aromatic carbocycles. The molecule has 2 aromatic heterocycles. The van der Waals surface area contributed by atoms with E-state index in [2.05, 4.69) is 10.2 Å². The Bertz CT molecular complexity index is 703. The summed E-state index contributed by atoms with van der Waals surface area (Å²) < 4.78 is 1.84. The number of aromatic nitrogens is 3. The molecule has 10 heteroatoms. The second kappa shape index (κ2) is 6.41. The lowest BCUT2D eigenvalue weighted by molar-refractivity contribution is -0.387. The van der Waals surface area contributed by atoms with Gasteiger partial charge < -0.3 is 5.11 Å². The van der Waals surface area contributed by atoms with Crippen molar-refractivity contribution in [3.05, 3.63) is 31.5 Å². The summed E-state index contributed by atoms with van der Waals surface area (Å²) in [6.45, 7) is 3.96. The molecule has 0 bridgehead atoms. The summed E-state index contributed by atoms with van der Waals surface area (Å²) in [6.07, 6.45) is -0.0292. The van der Waals surface area contributed by atoms with Gasteiger partial charge in [-0.2, -0.15) is 0 Å². The number of aliphatic hydroxyl groups is 1. The van der Waals surface area contributed by atoms with Crippen LogP contribution in [0.5, 0.6) is 0 Å². The number of hydrogen-bond donors (Lipinski definition) is 2. The molecule has 0 aliphatic carbocycles. The molecule has 21 heavy (non-hydrogen) atoms. The van der Waals surface area contributed by atoms with Crippen LogP contribution < -0.4 is 5.69 Å². The summed E-state index contributed by atoms with van der Waals surface area (Å²) in [5.74, 6) is 0. The van der Waals surface area contributed by atoms with Crippen LogP contribution in [0.1, 0.15) is 31.2 Å². The minimum Gasteiger partial charge on any atom is -0.388 e. The molecule has 0 saturated carbocycles. The molecule has 2 aromatic rings. The Morgan fingerprint density at radius 2 is 2.38 bits per heavy atom. The van der Waals surface area contributed by atoms with E-state index < -0.39 is 11.0 Å². The van der Waals surface area contributed by atoms with E-state index in [1.165, 1.54) is 10.6 Å². The monoisotopic (exact) mass is 330 g/mol. The van der Waals surface area contributed by atoms with Crippen molar-refractivity contribution < 1.29 is 10.0 Å². The van der Waals surface area contributed by atoms with Crippen LogP contribution in [0.4, 0.5) is 5.69 Å². The first-order valence-corrected chi connectivity index (χ1v) is 7.86. The smallest absolute Gasteiger partial charge is 0.343 e. The summed E-state index contributed by atoms with van der Waals surface area (Å²) in [5, 5.41) is 27.3. The first-order chi connectivity index (χ1) is 9.93. The number of thiophene rings is 1. The van der Waals surface area contributed by atoms with Gasteiger partial charge in [0.15, 0.2) is 5.16 Å². The number of rotatable bonds is 6. The van der Waals surface area contributed by atoms with Crippen molar-refractivity contribution >= 4 is 28.8 Å². The van der Waals surface area contributed by atoms with Crippen LogP contribution in [0.3, 0.4) is 0 Å². The van der Waals surface area contributed by atoms with Crippen LogP contribution in [0.2, 0.25) is 0 Å². The number of aliphatic hydroxyl groups excluding tert-OH is 1. The number of H-pyrrole nitrogens is 1. The predicted octanol–water partition coefficient (Wildman–Crippen LogP) is 2.16. The number of aromatic amines is 1. The van der Waals surface area contributed by atoms with E-state index in [1.807, 2.05) is 6.92 Å². The first-order valence-electron chi connectivity index (χ1n) is 6.23. The molecular weight excluding hydrogens is 316 g/mol. The summed E-state index contributed by atoms with van der Waals surface area (Å²) in [6, 6.07) is 1.35. The third kappa shape index (κ3) is 3.34. The lowest BCUT2D eigenvalue weighted by Crippen LogP contribution is -2.17. The highest BCUT2D eigenvalue weighted by molar-refractivity contribution is 8.01. The molecule has 0 amide bonds. The molecule has 8 nitrogen and oxygen atoms in total. The van der Waals surface area contributed by atoms with E-state index in [1.54, 1.807) is 6.92 Å². The van der Waals surface area contributed by atoms with Gasteiger partial charge in [0.25, 0.3) is 5.69 Å². The molecule has 0 radical (unpaired) electrons. The average molecular weight is 330 g/mol. The number of nitrogens with one attached hydrogen (secondary N) is 1. The van der Waals surface area contributed by atoms with Crippen LogP contribution in [0, 0.1) is 10.1 Å². The topological polar surface area (TPSA) is 114 Å². The van der Waals surface area contributed by atoms with E-state index in [0.29, 0.717) is 20.8 Å². The maximum Gasteiger partial charge on any atom is 0.343 e. The van der Waals surface area contributed by atoms with Crippen LogP contribution >= 0.6 is 23.1 Å². The van der Waals surface area contributed by atoms with Crippen molar-refractivity contribution in [1.29, 1.82) is 0 Å². The van der Waals surface area contributed by atoms with E-state index in [4.69, 9.17) is 0 Å². The molecule has 0 aliphatic heterocycles. The molecule has 1 atom stereocenters. The highest BCUT2D eigenvalue weighted by Crippen LogP contribution is 2.42. The van der Waals surface area contributed by atoms with Crippen LogP contribution in [0.15, 0.2) is 20.2 Å². The molecule has 0 aliphatic rings. The fraction of sp³-hybridized carbons (Fsp3) is 0.455. The molecule has 0 fully saturated rings. The van der Waals surface area contributed by atoms with E-state index in [0.717, 1.165) is 29.5 Å². The standard InChI is InChI=1S/C11H14N4O4S2/c1-3-4-14-10(17)12-13-11(14)21-9-7(15(18)19)5-8(20-9)6(2)16/h5-6,16H,3-4H2,1-2H3,(H,12,17)/t6-/m1/s1. The van der Waals surface area contributed by atoms with Gasteiger partial charge in [-0.05, 0) is 25.1 Å². The Labute approximate surface area is 128 Å². The quantitative estimate of drug-likeness (QED) is 0.619. The zero-order valence-corrected chi connectivity index (χ0v) is 13.0. The normalized spacial score (nSPS) is 12.5. The first kappa shape index (κ1) is 15.7. The number of hydrogen-bond acceptors (Lipinski definition) is 7. The van der Waals surface area contributed by atoms with Gasteiger partial charge in [-0.15, -0.1) is 16.4 Å². The van der Waals surface area contributed by atoms with Gasteiger partial charge in [0, 0.05) is 17.5 Å². The molecule has 0 spiro atoms. The minimum atomic E-state index is -0.778. The summed E-state index contributed by atoms with van der Waals surface area (Å²) in [4.78, 5) is 22.7. The third-order valence-electron chi connectivity index (χ3n) is 2.66. The van der Waals surface area contributed by atoms with Crippen molar-refractivity contribution in [1.82, 2.24) is 14.8 Å². The van der Waals surface area contributed by atoms with Crippen LogP contribution in [-0.2, 0) is 6.54 Å². The van der Waals surface area contributed by atoms with Crippen LogP contribution in [0.25, 0.3) is 0 Å². The van der Waals surface area contributed by atoms with Crippen molar-refractivity contribution in [3.8, 4) is 0 Å². The van der Waals surface area contributed by atoms with Crippen molar-refractivity contribution in [2.45, 2.75) is 42.3 Å².